The van der Waals surface area contributed by atoms with Crippen LogP contribution in [0, 0.1) is 0 Å². The summed E-state index contributed by atoms with van der Waals surface area (Å²) in [5, 5.41) is 8.59. The molecule has 0 unspecified atom stereocenters. The van der Waals surface area contributed by atoms with E-state index in [1.165, 1.54) is 128 Å². The van der Waals surface area contributed by atoms with Crippen molar-refractivity contribution in [2.45, 2.75) is 155 Å². The van der Waals surface area contributed by atoms with Gasteiger partial charge in [-0.05, 0) is 32.1 Å². The van der Waals surface area contributed by atoms with E-state index in [4.69, 9.17) is 5.11 Å². The molecule has 0 heterocycles. The topological polar surface area (TPSA) is 37.3 Å². The Morgan fingerprint density at radius 1 is 0.517 bits per heavy atom. The molecule has 2 nitrogen and oxygen atoms in total. The highest BCUT2D eigenvalue weighted by molar-refractivity contribution is 5.66. The normalized spacial score (nSPS) is 11.5. The van der Waals surface area contributed by atoms with E-state index in [-0.39, 0.29) is 0 Å². The maximum absolute atomic E-state index is 10.4. The van der Waals surface area contributed by atoms with Gasteiger partial charge in [-0.25, -0.2) is 0 Å². The van der Waals surface area contributed by atoms with Crippen molar-refractivity contribution in [3.05, 3.63) is 12.2 Å². The van der Waals surface area contributed by atoms with E-state index in [0.717, 1.165) is 12.8 Å². The number of allylic oxidation sites excluding steroid dienone is 2. The van der Waals surface area contributed by atoms with E-state index in [0.29, 0.717) is 6.42 Å². The Morgan fingerprint density at radius 3 is 1.17 bits per heavy atom. The van der Waals surface area contributed by atoms with Crippen LogP contribution in [0.2, 0.25) is 0 Å². The first-order valence-corrected chi connectivity index (χ1v) is 13.1. The molecule has 0 saturated carbocycles. The van der Waals surface area contributed by atoms with Crippen LogP contribution in [0.5, 0.6) is 0 Å². The lowest BCUT2D eigenvalue weighted by molar-refractivity contribution is -0.137. The van der Waals surface area contributed by atoms with Crippen molar-refractivity contribution in [3.8, 4) is 0 Å². The summed E-state index contributed by atoms with van der Waals surface area (Å²) >= 11 is 0. The minimum atomic E-state index is -0.652. The maximum atomic E-state index is 10.4. The van der Waals surface area contributed by atoms with Crippen LogP contribution in [0.4, 0.5) is 0 Å². The standard InChI is InChI=1S/C27H52O2/c1-2-3-4-5-6-7-8-9-10-11-12-13-14-15-16-17-18-19-20-21-22-23-24-25-26-27(28)29/h9-10H,2-8,11-26H2,1H3,(H,28,29)/b10-9-. The quantitative estimate of drug-likeness (QED) is 0.127. The minimum absolute atomic E-state index is 0.343. The number of hydrogen-bond acceptors (Lipinski definition) is 1. The van der Waals surface area contributed by atoms with Crippen LogP contribution in [0.25, 0.3) is 0 Å². The third-order valence-electron chi connectivity index (χ3n) is 5.90. The fraction of sp³-hybridized carbons (Fsp3) is 0.889. The number of carboxylic acids is 1. The molecule has 172 valence electrons. The predicted molar refractivity (Wildman–Crippen MR) is 129 cm³/mol. The molecule has 0 aromatic heterocycles. The van der Waals surface area contributed by atoms with Gasteiger partial charge in [0, 0.05) is 6.42 Å². The fourth-order valence-corrected chi connectivity index (χ4v) is 3.94. The van der Waals surface area contributed by atoms with E-state index in [1.54, 1.807) is 0 Å². The second-order valence-corrected chi connectivity index (χ2v) is 8.91. The number of unbranched alkanes of at least 4 members (excludes halogenated alkanes) is 20. The first-order valence-electron chi connectivity index (χ1n) is 13.1. The van der Waals surface area contributed by atoms with Crippen molar-refractivity contribution in [2.75, 3.05) is 0 Å². The Labute approximate surface area is 182 Å². The highest BCUT2D eigenvalue weighted by atomic mass is 16.4. The van der Waals surface area contributed by atoms with Crippen molar-refractivity contribution in [1.29, 1.82) is 0 Å². The zero-order chi connectivity index (χ0) is 21.3. The lowest BCUT2D eigenvalue weighted by atomic mass is 10.0. The smallest absolute Gasteiger partial charge is 0.303 e. The second-order valence-electron chi connectivity index (χ2n) is 8.91. The molecule has 0 rings (SSSR count). The lowest BCUT2D eigenvalue weighted by Crippen LogP contribution is -1.93. The Morgan fingerprint density at radius 2 is 0.828 bits per heavy atom. The molecule has 0 aliphatic heterocycles. The predicted octanol–water partition coefficient (Wildman–Crippen LogP) is 9.62. The van der Waals surface area contributed by atoms with E-state index < -0.39 is 5.97 Å². The number of carbonyl (C=O) groups is 1. The van der Waals surface area contributed by atoms with Gasteiger partial charge in [-0.1, -0.05) is 128 Å². The van der Waals surface area contributed by atoms with Gasteiger partial charge in [0.25, 0.3) is 0 Å². The molecule has 0 aromatic rings. The van der Waals surface area contributed by atoms with Crippen LogP contribution in [0.15, 0.2) is 12.2 Å². The van der Waals surface area contributed by atoms with Crippen LogP contribution in [-0.4, -0.2) is 11.1 Å². The first-order chi connectivity index (χ1) is 14.3. The second kappa shape index (κ2) is 25.2. The molecule has 2 heteroatoms. The monoisotopic (exact) mass is 408 g/mol. The molecule has 0 aliphatic carbocycles. The summed E-state index contributed by atoms with van der Waals surface area (Å²) in [7, 11) is 0. The van der Waals surface area contributed by atoms with E-state index >= 15 is 0 Å². The Bertz CT molecular complexity index is 348. The largest absolute Gasteiger partial charge is 0.481 e. The molecule has 0 atom stereocenters. The molecule has 1 N–H and O–H groups in total. The summed E-state index contributed by atoms with van der Waals surface area (Å²) in [6.07, 6.45) is 34.5. The molecule has 0 aromatic carbocycles. The van der Waals surface area contributed by atoms with Crippen molar-refractivity contribution in [1.82, 2.24) is 0 Å². The molecule has 0 spiro atoms. The average Bonchev–Trinajstić information content (AvgIpc) is 2.71. The van der Waals surface area contributed by atoms with Gasteiger partial charge < -0.3 is 5.11 Å². The van der Waals surface area contributed by atoms with Gasteiger partial charge in [-0.2, -0.15) is 0 Å². The Hall–Kier alpha value is -0.790. The third kappa shape index (κ3) is 27.2. The minimum Gasteiger partial charge on any atom is -0.481 e. The van der Waals surface area contributed by atoms with Gasteiger partial charge in [-0.3, -0.25) is 4.79 Å². The van der Waals surface area contributed by atoms with Crippen molar-refractivity contribution in [3.63, 3.8) is 0 Å². The third-order valence-corrected chi connectivity index (χ3v) is 5.90. The summed E-state index contributed by atoms with van der Waals surface area (Å²) in [4.78, 5) is 10.4. The number of aliphatic carboxylic acids is 1. The van der Waals surface area contributed by atoms with Gasteiger partial charge in [0.15, 0.2) is 0 Å². The molecule has 0 bridgehead atoms. The summed E-state index contributed by atoms with van der Waals surface area (Å²) in [6.45, 7) is 2.28. The highest BCUT2D eigenvalue weighted by Gasteiger charge is 1.97. The SMILES string of the molecule is CCCCCCCC/C=C\CCCCCCCCCCCCCCCCC(=O)O. The van der Waals surface area contributed by atoms with Crippen molar-refractivity contribution < 1.29 is 9.90 Å². The average molecular weight is 409 g/mol. The van der Waals surface area contributed by atoms with Gasteiger partial charge in [-0.15, -0.1) is 0 Å². The van der Waals surface area contributed by atoms with Gasteiger partial charge in [0.1, 0.15) is 0 Å². The maximum Gasteiger partial charge on any atom is 0.303 e. The number of carboxylic acid groups (broad SMARTS) is 1. The lowest BCUT2D eigenvalue weighted by Gasteiger charge is -2.03. The highest BCUT2D eigenvalue weighted by Crippen LogP contribution is 2.14. The van der Waals surface area contributed by atoms with Crippen LogP contribution in [-0.2, 0) is 4.79 Å². The molecule has 29 heavy (non-hydrogen) atoms. The van der Waals surface area contributed by atoms with E-state index in [1.807, 2.05) is 0 Å². The Kier molecular flexibility index (Phi) is 24.6. The fourth-order valence-electron chi connectivity index (χ4n) is 3.94. The molecule has 0 amide bonds. The van der Waals surface area contributed by atoms with Crippen molar-refractivity contribution >= 4 is 5.97 Å². The van der Waals surface area contributed by atoms with Crippen LogP contribution in [0.1, 0.15) is 155 Å². The number of hydrogen-bond donors (Lipinski definition) is 1. The molecular weight excluding hydrogens is 356 g/mol. The molecule has 0 radical (unpaired) electrons. The van der Waals surface area contributed by atoms with Crippen LogP contribution < -0.4 is 0 Å². The summed E-state index contributed by atoms with van der Waals surface area (Å²) in [5.41, 5.74) is 0. The van der Waals surface area contributed by atoms with E-state index in [9.17, 15) is 4.79 Å². The van der Waals surface area contributed by atoms with Crippen LogP contribution >= 0.6 is 0 Å². The zero-order valence-corrected chi connectivity index (χ0v) is 19.8. The Balaban J connectivity index is 3.06. The molecule has 0 aliphatic rings. The van der Waals surface area contributed by atoms with Gasteiger partial charge in [0.2, 0.25) is 0 Å². The number of rotatable bonds is 24. The first kappa shape index (κ1) is 28.2. The van der Waals surface area contributed by atoms with Crippen molar-refractivity contribution in [2.24, 2.45) is 0 Å². The summed E-state index contributed by atoms with van der Waals surface area (Å²) in [5.74, 6) is -0.652. The molecule has 0 fully saturated rings. The zero-order valence-electron chi connectivity index (χ0n) is 19.8. The molecule has 0 saturated heterocycles. The van der Waals surface area contributed by atoms with Crippen LogP contribution in [0.3, 0.4) is 0 Å². The van der Waals surface area contributed by atoms with Gasteiger partial charge >= 0.3 is 5.97 Å². The van der Waals surface area contributed by atoms with Gasteiger partial charge in [0.05, 0.1) is 0 Å². The summed E-state index contributed by atoms with van der Waals surface area (Å²) in [6, 6.07) is 0. The van der Waals surface area contributed by atoms with E-state index in [2.05, 4.69) is 19.1 Å². The summed E-state index contributed by atoms with van der Waals surface area (Å²) < 4.78 is 0. The molecular formula is C27H52O2.